The minimum atomic E-state index is 0. The highest BCUT2D eigenvalue weighted by atomic mass is 127. The molecule has 0 saturated carbocycles. The van der Waals surface area contributed by atoms with Crippen molar-refractivity contribution in [3.05, 3.63) is 35.4 Å². The molecule has 25 heavy (non-hydrogen) atoms. The second-order valence-corrected chi connectivity index (χ2v) is 6.35. The number of benzene rings is 1. The van der Waals surface area contributed by atoms with Gasteiger partial charge in [-0.2, -0.15) is 0 Å². The normalized spacial score (nSPS) is 16.8. The zero-order valence-electron chi connectivity index (χ0n) is 15.8. The summed E-state index contributed by atoms with van der Waals surface area (Å²) in [5.41, 5.74) is 2.59. The number of morpholine rings is 1. The molecule has 2 rings (SSSR count). The summed E-state index contributed by atoms with van der Waals surface area (Å²) in [7, 11) is 0. The number of guanidine groups is 1. The first-order chi connectivity index (χ1) is 11.7. The van der Waals surface area contributed by atoms with Gasteiger partial charge in [0.15, 0.2) is 5.96 Å². The van der Waals surface area contributed by atoms with E-state index < -0.39 is 0 Å². The number of nitrogens with one attached hydrogen (secondary N) is 2. The Morgan fingerprint density at radius 2 is 1.80 bits per heavy atom. The molecule has 0 spiro atoms. The number of rotatable bonds is 7. The van der Waals surface area contributed by atoms with Crippen LogP contribution in [0.2, 0.25) is 0 Å². The fourth-order valence-corrected chi connectivity index (χ4v) is 2.59. The summed E-state index contributed by atoms with van der Waals surface area (Å²) in [5, 5.41) is 6.73. The lowest BCUT2D eigenvalue weighted by molar-refractivity contribution is 0.0342. The topological polar surface area (TPSA) is 48.9 Å². The summed E-state index contributed by atoms with van der Waals surface area (Å²) in [5.74, 6) is 0.893. The van der Waals surface area contributed by atoms with E-state index >= 15 is 0 Å². The van der Waals surface area contributed by atoms with Crippen LogP contribution in [0.25, 0.3) is 0 Å². The Kier molecular flexibility index (Phi) is 11.1. The van der Waals surface area contributed by atoms with E-state index in [1.807, 2.05) is 0 Å². The van der Waals surface area contributed by atoms with E-state index in [0.717, 1.165) is 51.8 Å². The van der Waals surface area contributed by atoms with E-state index in [1.165, 1.54) is 11.1 Å². The van der Waals surface area contributed by atoms with Crippen molar-refractivity contribution in [2.75, 3.05) is 32.8 Å². The highest BCUT2D eigenvalue weighted by molar-refractivity contribution is 14.0. The second kappa shape index (κ2) is 12.5. The number of halogens is 1. The third-order valence-electron chi connectivity index (χ3n) is 4.29. The van der Waals surface area contributed by atoms with Crippen molar-refractivity contribution >= 4 is 29.9 Å². The quantitative estimate of drug-likeness (QED) is 0.373. The fourth-order valence-electron chi connectivity index (χ4n) is 2.59. The first-order valence-corrected chi connectivity index (χ1v) is 9.14. The summed E-state index contributed by atoms with van der Waals surface area (Å²) in [6, 6.07) is 9.24. The number of ether oxygens (including phenoxy) is 1. The van der Waals surface area contributed by atoms with Gasteiger partial charge in [0.05, 0.1) is 19.8 Å². The highest BCUT2D eigenvalue weighted by Gasteiger charge is 2.10. The highest BCUT2D eigenvalue weighted by Crippen LogP contribution is 2.10. The van der Waals surface area contributed by atoms with Crippen LogP contribution in [-0.2, 0) is 17.8 Å². The Morgan fingerprint density at radius 3 is 2.40 bits per heavy atom. The predicted octanol–water partition coefficient (Wildman–Crippen LogP) is 2.99. The van der Waals surface area contributed by atoms with Crippen LogP contribution < -0.4 is 10.6 Å². The van der Waals surface area contributed by atoms with Crippen molar-refractivity contribution in [1.82, 2.24) is 15.5 Å². The SMILES string of the molecule is CCNC(=NCc1ccc(CN2CCOCC2)cc1)NC(C)CC.I. The van der Waals surface area contributed by atoms with Gasteiger partial charge in [0, 0.05) is 32.2 Å². The van der Waals surface area contributed by atoms with E-state index in [1.54, 1.807) is 0 Å². The minimum absolute atomic E-state index is 0. The van der Waals surface area contributed by atoms with Gasteiger partial charge in [-0.05, 0) is 31.4 Å². The molecule has 0 amide bonds. The molecule has 5 nitrogen and oxygen atoms in total. The molecular formula is C19H33IN4O. The van der Waals surface area contributed by atoms with Gasteiger partial charge in [-0.25, -0.2) is 4.99 Å². The van der Waals surface area contributed by atoms with E-state index in [4.69, 9.17) is 4.74 Å². The Morgan fingerprint density at radius 1 is 1.16 bits per heavy atom. The molecule has 1 aromatic carbocycles. The largest absolute Gasteiger partial charge is 0.379 e. The molecule has 1 aromatic rings. The molecule has 1 heterocycles. The number of hydrogen-bond donors (Lipinski definition) is 2. The molecule has 2 N–H and O–H groups in total. The Bertz CT molecular complexity index is 501. The summed E-state index contributed by atoms with van der Waals surface area (Å²) < 4.78 is 5.40. The Balaban J connectivity index is 0.00000312. The molecule has 0 bridgehead atoms. The molecule has 1 aliphatic rings. The standard InChI is InChI=1S/C19H32N4O.HI/c1-4-16(3)22-19(20-5-2)21-14-17-6-8-18(9-7-17)15-23-10-12-24-13-11-23;/h6-9,16H,4-5,10-15H2,1-3H3,(H2,20,21,22);1H. The van der Waals surface area contributed by atoms with Gasteiger partial charge in [-0.15, -0.1) is 24.0 Å². The van der Waals surface area contributed by atoms with Gasteiger partial charge in [-0.1, -0.05) is 31.2 Å². The van der Waals surface area contributed by atoms with Crippen LogP contribution in [0.15, 0.2) is 29.3 Å². The third kappa shape index (κ3) is 8.37. The number of aliphatic imine (C=N–C) groups is 1. The van der Waals surface area contributed by atoms with Gasteiger partial charge >= 0.3 is 0 Å². The van der Waals surface area contributed by atoms with Crippen LogP contribution in [0.5, 0.6) is 0 Å². The lowest BCUT2D eigenvalue weighted by Crippen LogP contribution is -2.41. The number of nitrogens with zero attached hydrogens (tertiary/aromatic N) is 2. The van der Waals surface area contributed by atoms with Gasteiger partial charge in [0.1, 0.15) is 0 Å². The van der Waals surface area contributed by atoms with Crippen LogP contribution in [-0.4, -0.2) is 49.7 Å². The molecule has 1 unspecified atom stereocenters. The zero-order valence-corrected chi connectivity index (χ0v) is 18.1. The zero-order chi connectivity index (χ0) is 17.2. The lowest BCUT2D eigenvalue weighted by atomic mass is 10.1. The lowest BCUT2D eigenvalue weighted by Gasteiger charge is -2.26. The Labute approximate surface area is 169 Å². The number of hydrogen-bond acceptors (Lipinski definition) is 3. The van der Waals surface area contributed by atoms with Gasteiger partial charge in [-0.3, -0.25) is 4.90 Å². The Hall–Kier alpha value is -0.860. The van der Waals surface area contributed by atoms with E-state index in [0.29, 0.717) is 12.6 Å². The van der Waals surface area contributed by atoms with Crippen LogP contribution in [0, 0.1) is 0 Å². The summed E-state index contributed by atoms with van der Waals surface area (Å²) in [4.78, 5) is 7.12. The first-order valence-electron chi connectivity index (χ1n) is 9.14. The molecule has 1 saturated heterocycles. The monoisotopic (exact) mass is 460 g/mol. The van der Waals surface area contributed by atoms with Gasteiger partial charge in [0.2, 0.25) is 0 Å². The molecule has 1 fully saturated rings. The first kappa shape index (κ1) is 22.2. The second-order valence-electron chi connectivity index (χ2n) is 6.35. The summed E-state index contributed by atoms with van der Waals surface area (Å²) in [6.07, 6.45) is 1.08. The van der Waals surface area contributed by atoms with Crippen LogP contribution in [0.3, 0.4) is 0 Å². The average Bonchev–Trinajstić information content (AvgIpc) is 2.62. The summed E-state index contributed by atoms with van der Waals surface area (Å²) >= 11 is 0. The molecular weight excluding hydrogens is 427 g/mol. The average molecular weight is 460 g/mol. The molecule has 1 aliphatic heterocycles. The van der Waals surface area contributed by atoms with Crippen molar-refractivity contribution in [3.63, 3.8) is 0 Å². The molecule has 0 aromatic heterocycles. The predicted molar refractivity (Wildman–Crippen MR) is 116 cm³/mol. The third-order valence-corrected chi connectivity index (χ3v) is 4.29. The van der Waals surface area contributed by atoms with Gasteiger partial charge < -0.3 is 15.4 Å². The van der Waals surface area contributed by atoms with Crippen LogP contribution >= 0.6 is 24.0 Å². The maximum absolute atomic E-state index is 5.40. The minimum Gasteiger partial charge on any atom is -0.379 e. The summed E-state index contributed by atoms with van der Waals surface area (Å²) in [6.45, 7) is 12.8. The fraction of sp³-hybridized carbons (Fsp3) is 0.632. The van der Waals surface area contributed by atoms with Crippen molar-refractivity contribution in [2.24, 2.45) is 4.99 Å². The van der Waals surface area contributed by atoms with E-state index in [2.05, 4.69) is 65.6 Å². The van der Waals surface area contributed by atoms with Crippen molar-refractivity contribution in [2.45, 2.75) is 46.3 Å². The van der Waals surface area contributed by atoms with E-state index in [9.17, 15) is 0 Å². The maximum Gasteiger partial charge on any atom is 0.191 e. The van der Waals surface area contributed by atoms with E-state index in [-0.39, 0.29) is 24.0 Å². The molecule has 0 radical (unpaired) electrons. The van der Waals surface area contributed by atoms with Crippen LogP contribution in [0.1, 0.15) is 38.3 Å². The molecule has 6 heteroatoms. The van der Waals surface area contributed by atoms with Crippen molar-refractivity contribution in [1.29, 1.82) is 0 Å². The van der Waals surface area contributed by atoms with Gasteiger partial charge in [0.25, 0.3) is 0 Å². The van der Waals surface area contributed by atoms with Crippen molar-refractivity contribution < 1.29 is 4.74 Å². The van der Waals surface area contributed by atoms with Crippen LogP contribution in [0.4, 0.5) is 0 Å². The maximum atomic E-state index is 5.40. The molecule has 142 valence electrons. The molecule has 0 aliphatic carbocycles. The smallest absolute Gasteiger partial charge is 0.191 e. The molecule has 1 atom stereocenters. The van der Waals surface area contributed by atoms with Crippen molar-refractivity contribution in [3.8, 4) is 0 Å².